The molecule has 230 valence electrons. The number of imidazole rings is 1. The first-order valence-electron chi connectivity index (χ1n) is 14.4. The number of carboxylic acids is 1. The maximum Gasteiger partial charge on any atom is 0.328 e. The predicted octanol–water partition coefficient (Wildman–Crippen LogP) is 5.87. The monoisotopic (exact) mass is 624 g/mol. The zero-order valence-electron chi connectivity index (χ0n) is 23.8. The van der Waals surface area contributed by atoms with Gasteiger partial charge in [0.2, 0.25) is 5.88 Å². The average molecular weight is 625 g/mol. The Morgan fingerprint density at radius 2 is 1.89 bits per heavy atom. The number of carbonyl (C=O) groups is 1. The minimum atomic E-state index is -0.995. The standard InChI is InChI=1S/C32H31ClF2N4O5/c33-21-3-6-29(25(35)16-21)43-19-27-24(34)4-7-31(37-27)44-22-9-12-38(13-10-22)18-30-36-26-5-1-20(2-8-32(40)41)15-28(26)39(30)17-23-11-14-42-23/h1-8,15-16,22-23H,9-14,17-19H2,(H,40,41)/b8-2+/t23-/m0/s1. The van der Waals surface area contributed by atoms with Crippen LogP contribution in [0.4, 0.5) is 8.78 Å². The van der Waals surface area contributed by atoms with Gasteiger partial charge < -0.3 is 23.9 Å². The van der Waals surface area contributed by atoms with Crippen molar-refractivity contribution in [2.24, 2.45) is 0 Å². The van der Waals surface area contributed by atoms with E-state index in [9.17, 15) is 13.6 Å². The molecule has 0 unspecified atom stereocenters. The first kappa shape index (κ1) is 30.0. The zero-order valence-corrected chi connectivity index (χ0v) is 24.6. The Balaban J connectivity index is 1.08. The van der Waals surface area contributed by atoms with Gasteiger partial charge in [-0.15, -0.1) is 0 Å². The number of hydrogen-bond acceptors (Lipinski definition) is 7. The summed E-state index contributed by atoms with van der Waals surface area (Å²) in [5, 5.41) is 9.25. The first-order chi connectivity index (χ1) is 21.3. The molecule has 0 amide bonds. The van der Waals surface area contributed by atoms with Gasteiger partial charge >= 0.3 is 5.97 Å². The molecule has 9 nitrogen and oxygen atoms in total. The van der Waals surface area contributed by atoms with E-state index in [0.717, 1.165) is 73.5 Å². The van der Waals surface area contributed by atoms with Crippen LogP contribution in [0.3, 0.4) is 0 Å². The number of halogens is 3. The molecular weight excluding hydrogens is 594 g/mol. The molecule has 2 aromatic carbocycles. The van der Waals surface area contributed by atoms with Gasteiger partial charge in [0, 0.05) is 36.9 Å². The summed E-state index contributed by atoms with van der Waals surface area (Å²) >= 11 is 5.78. The van der Waals surface area contributed by atoms with Gasteiger partial charge in [-0.05, 0) is 67.3 Å². The van der Waals surface area contributed by atoms with Gasteiger partial charge in [0.15, 0.2) is 11.6 Å². The van der Waals surface area contributed by atoms with E-state index < -0.39 is 17.6 Å². The highest BCUT2D eigenvalue weighted by atomic mass is 35.5. The van der Waals surface area contributed by atoms with Crippen LogP contribution in [-0.2, 0) is 29.2 Å². The number of pyridine rings is 1. The van der Waals surface area contributed by atoms with E-state index in [2.05, 4.69) is 14.5 Å². The Kier molecular flexibility index (Phi) is 9.06. The Bertz CT molecular complexity index is 1680. The molecule has 0 spiro atoms. The summed E-state index contributed by atoms with van der Waals surface area (Å²) in [6.45, 7) is 3.37. The Hall–Kier alpha value is -4.06. The second-order valence-corrected chi connectivity index (χ2v) is 11.3. The Morgan fingerprint density at radius 3 is 2.61 bits per heavy atom. The number of ether oxygens (including phenoxy) is 3. The second-order valence-electron chi connectivity index (χ2n) is 10.9. The summed E-state index contributed by atoms with van der Waals surface area (Å²) < 4.78 is 47.9. The SMILES string of the molecule is O=C(O)/C=C/c1ccc2nc(CN3CCC(Oc4ccc(F)c(COc5ccc(Cl)cc5F)n4)CC3)n(C[C@@H]3CCO3)c2c1. The molecule has 2 aromatic heterocycles. The van der Waals surface area contributed by atoms with Crippen molar-refractivity contribution < 1.29 is 32.9 Å². The Labute approximate surface area is 257 Å². The van der Waals surface area contributed by atoms with Crippen molar-refractivity contribution in [2.45, 2.75) is 51.2 Å². The molecule has 44 heavy (non-hydrogen) atoms. The van der Waals surface area contributed by atoms with E-state index in [4.69, 9.17) is 35.9 Å². The molecular formula is C32H31ClF2N4O5. The predicted molar refractivity (Wildman–Crippen MR) is 160 cm³/mol. The van der Waals surface area contributed by atoms with E-state index in [1.54, 1.807) is 6.08 Å². The van der Waals surface area contributed by atoms with Crippen molar-refractivity contribution in [1.29, 1.82) is 0 Å². The lowest BCUT2D eigenvalue weighted by molar-refractivity contribution is -0.131. The second kappa shape index (κ2) is 13.3. The highest BCUT2D eigenvalue weighted by molar-refractivity contribution is 6.30. The third-order valence-corrected chi connectivity index (χ3v) is 8.02. The number of carboxylic acid groups (broad SMARTS) is 1. The smallest absolute Gasteiger partial charge is 0.328 e. The summed E-state index contributed by atoms with van der Waals surface area (Å²) in [6, 6.07) is 12.5. The first-order valence-corrected chi connectivity index (χ1v) is 14.8. The van der Waals surface area contributed by atoms with Crippen LogP contribution in [-0.4, -0.2) is 62.4 Å². The minimum Gasteiger partial charge on any atom is -0.484 e. The summed E-state index contributed by atoms with van der Waals surface area (Å²) in [6.07, 6.45) is 5.22. The fraction of sp³-hybridized carbons (Fsp3) is 0.344. The number of fused-ring (bicyclic) bond motifs is 1. The average Bonchev–Trinajstić information content (AvgIpc) is 3.31. The van der Waals surface area contributed by atoms with Crippen molar-refractivity contribution in [2.75, 3.05) is 19.7 Å². The maximum absolute atomic E-state index is 14.4. The molecule has 12 heteroatoms. The van der Waals surface area contributed by atoms with Crippen LogP contribution in [0.2, 0.25) is 5.02 Å². The van der Waals surface area contributed by atoms with Crippen LogP contribution in [0.5, 0.6) is 11.6 Å². The summed E-state index contributed by atoms with van der Waals surface area (Å²) in [7, 11) is 0. The van der Waals surface area contributed by atoms with E-state index >= 15 is 0 Å². The van der Waals surface area contributed by atoms with Crippen molar-refractivity contribution >= 4 is 34.7 Å². The molecule has 1 N–H and O–H groups in total. The topological polar surface area (TPSA) is 98.9 Å². The molecule has 2 aliphatic heterocycles. The summed E-state index contributed by atoms with van der Waals surface area (Å²) in [5.74, 6) is -1.03. The lowest BCUT2D eigenvalue weighted by atomic mass is 10.1. The van der Waals surface area contributed by atoms with E-state index in [1.165, 1.54) is 24.3 Å². The van der Waals surface area contributed by atoms with Crippen molar-refractivity contribution in [3.63, 3.8) is 0 Å². The summed E-state index contributed by atoms with van der Waals surface area (Å²) in [4.78, 5) is 22.5. The number of aliphatic carboxylic acids is 1. The van der Waals surface area contributed by atoms with E-state index in [1.807, 2.05) is 18.2 Å². The van der Waals surface area contributed by atoms with Gasteiger partial charge in [0.1, 0.15) is 30.0 Å². The minimum absolute atomic E-state index is 0.0187. The van der Waals surface area contributed by atoms with Crippen LogP contribution >= 0.6 is 11.6 Å². The quantitative estimate of drug-likeness (QED) is 0.207. The highest BCUT2D eigenvalue weighted by Gasteiger charge is 2.26. The van der Waals surface area contributed by atoms with Crippen LogP contribution < -0.4 is 9.47 Å². The lowest BCUT2D eigenvalue weighted by Crippen LogP contribution is -2.39. The molecule has 2 fully saturated rings. The molecule has 4 aromatic rings. The molecule has 0 radical (unpaired) electrons. The number of nitrogens with zero attached hydrogens (tertiary/aromatic N) is 4. The molecule has 2 saturated heterocycles. The third kappa shape index (κ3) is 7.18. The van der Waals surface area contributed by atoms with E-state index in [0.29, 0.717) is 13.1 Å². The number of hydrogen-bond donors (Lipinski definition) is 1. The summed E-state index contributed by atoms with van der Waals surface area (Å²) in [5.41, 5.74) is 2.61. The molecule has 0 saturated carbocycles. The molecule has 0 bridgehead atoms. The number of benzene rings is 2. The molecule has 0 aliphatic carbocycles. The normalized spacial score (nSPS) is 17.7. The van der Waals surface area contributed by atoms with Crippen molar-refractivity contribution in [3.05, 3.63) is 88.3 Å². The van der Waals surface area contributed by atoms with Crippen LogP contribution in [0.15, 0.2) is 54.6 Å². The number of piperidine rings is 1. The van der Waals surface area contributed by atoms with Gasteiger partial charge in [-0.3, -0.25) is 4.90 Å². The number of rotatable bonds is 11. The third-order valence-electron chi connectivity index (χ3n) is 7.79. The molecule has 2 aliphatic rings. The Morgan fingerprint density at radius 1 is 1.07 bits per heavy atom. The van der Waals surface area contributed by atoms with E-state index in [-0.39, 0.29) is 41.2 Å². The highest BCUT2D eigenvalue weighted by Crippen LogP contribution is 2.26. The van der Waals surface area contributed by atoms with Crippen LogP contribution in [0, 0.1) is 11.6 Å². The zero-order chi connectivity index (χ0) is 30.6. The largest absolute Gasteiger partial charge is 0.484 e. The van der Waals surface area contributed by atoms with Crippen LogP contribution in [0.1, 0.15) is 36.3 Å². The fourth-order valence-electron chi connectivity index (χ4n) is 5.34. The number of likely N-dealkylation sites (tertiary alicyclic amines) is 1. The fourth-order valence-corrected chi connectivity index (χ4v) is 5.50. The molecule has 1 atom stereocenters. The maximum atomic E-state index is 14.4. The van der Waals surface area contributed by atoms with Gasteiger partial charge in [-0.25, -0.2) is 23.5 Å². The molecule has 4 heterocycles. The van der Waals surface area contributed by atoms with Gasteiger partial charge in [-0.1, -0.05) is 17.7 Å². The van der Waals surface area contributed by atoms with Crippen molar-refractivity contribution in [1.82, 2.24) is 19.4 Å². The van der Waals surface area contributed by atoms with Crippen LogP contribution in [0.25, 0.3) is 17.1 Å². The van der Waals surface area contributed by atoms with Gasteiger partial charge in [0.05, 0.1) is 30.2 Å². The number of aromatic nitrogens is 3. The molecule has 6 rings (SSSR count). The lowest BCUT2D eigenvalue weighted by Gasteiger charge is -2.32. The van der Waals surface area contributed by atoms with Gasteiger partial charge in [-0.2, -0.15) is 0 Å². The van der Waals surface area contributed by atoms with Gasteiger partial charge in [0.25, 0.3) is 0 Å². The van der Waals surface area contributed by atoms with Crippen molar-refractivity contribution in [3.8, 4) is 11.6 Å².